The van der Waals surface area contributed by atoms with Gasteiger partial charge in [-0.2, -0.15) is 0 Å². The van der Waals surface area contributed by atoms with Crippen LogP contribution in [0.15, 0.2) is 0 Å². The molecule has 5 rings (SSSR count). The Morgan fingerprint density at radius 1 is 0.974 bits per heavy atom. The van der Waals surface area contributed by atoms with Gasteiger partial charge in [-0.3, -0.25) is 14.4 Å². The number of carbonyl (C=O) groups excluding carboxylic acids is 2. The van der Waals surface area contributed by atoms with Crippen molar-refractivity contribution in [2.24, 2.45) is 29.1 Å². The van der Waals surface area contributed by atoms with E-state index < -0.39 is 36.4 Å². The van der Waals surface area contributed by atoms with E-state index in [2.05, 4.69) is 10.6 Å². The van der Waals surface area contributed by atoms with Crippen molar-refractivity contribution in [3.8, 4) is 0 Å². The zero-order valence-corrected chi connectivity index (χ0v) is 23.7. The Kier molecular flexibility index (Phi) is 10.3. The standard InChI is InChI=1S/C30H49N3O6/c1-2-33(26(34)7-3-5-20-8-11-31-12-9-20)25(28(37)32-24(29(38)39)16-27(35)36)6-4-10-30-17-21-13-22(18-30)15-23(14-21)19-30/h20-25,31H,2-19H2,1H3,(H,32,37)(H,35,36)(H,38,39)/t21?,22?,23?,24-,25-,30?/m0/s1. The van der Waals surface area contributed by atoms with Crippen molar-refractivity contribution in [2.75, 3.05) is 19.6 Å². The molecule has 0 unspecified atom stereocenters. The third-order valence-corrected chi connectivity index (χ3v) is 10.1. The highest BCUT2D eigenvalue weighted by Gasteiger charge is 2.50. The highest BCUT2D eigenvalue weighted by Crippen LogP contribution is 2.61. The number of rotatable bonds is 15. The molecule has 5 fully saturated rings. The summed E-state index contributed by atoms with van der Waals surface area (Å²) in [6, 6.07) is -2.31. The maximum atomic E-state index is 13.5. The summed E-state index contributed by atoms with van der Waals surface area (Å²) < 4.78 is 0. The largest absolute Gasteiger partial charge is 0.481 e. The SMILES string of the molecule is CCN(C(=O)CCCC1CCNCC1)[C@@H](CCCC12CC3CC(CC(C3)C1)C2)C(=O)N[C@@H](CC(=O)O)C(=O)O. The molecule has 9 nitrogen and oxygen atoms in total. The summed E-state index contributed by atoms with van der Waals surface area (Å²) in [5.74, 6) is -0.143. The summed E-state index contributed by atoms with van der Waals surface area (Å²) in [6.45, 7) is 4.26. The van der Waals surface area contributed by atoms with Crippen LogP contribution in [0.4, 0.5) is 0 Å². The van der Waals surface area contributed by atoms with Crippen LogP contribution in [0.2, 0.25) is 0 Å². The fourth-order valence-electron chi connectivity index (χ4n) is 8.76. The zero-order valence-electron chi connectivity index (χ0n) is 23.7. The Bertz CT molecular complexity index is 851. The van der Waals surface area contributed by atoms with Crippen LogP contribution in [-0.4, -0.2) is 70.6 Å². The minimum Gasteiger partial charge on any atom is -0.481 e. The predicted octanol–water partition coefficient (Wildman–Crippen LogP) is 3.80. The number of piperidine rings is 1. The average molecular weight is 548 g/mol. The van der Waals surface area contributed by atoms with Gasteiger partial charge in [0.05, 0.1) is 6.42 Å². The van der Waals surface area contributed by atoms with Crippen LogP contribution in [0.1, 0.15) is 103 Å². The van der Waals surface area contributed by atoms with Crippen molar-refractivity contribution in [3.05, 3.63) is 0 Å². The Balaban J connectivity index is 1.39. The molecular weight excluding hydrogens is 498 g/mol. The second kappa shape index (κ2) is 13.5. The number of likely N-dealkylation sites (N-methyl/N-ethyl adjacent to an activating group) is 1. The molecule has 220 valence electrons. The first-order valence-corrected chi connectivity index (χ1v) is 15.4. The molecule has 0 radical (unpaired) electrons. The third-order valence-electron chi connectivity index (χ3n) is 10.1. The number of hydrogen-bond donors (Lipinski definition) is 4. The number of nitrogens with zero attached hydrogens (tertiary/aromatic N) is 1. The van der Waals surface area contributed by atoms with E-state index in [1.54, 1.807) is 4.90 Å². The van der Waals surface area contributed by atoms with Gasteiger partial charge in [0, 0.05) is 13.0 Å². The monoisotopic (exact) mass is 547 g/mol. The van der Waals surface area contributed by atoms with Gasteiger partial charge in [0.25, 0.3) is 0 Å². The van der Waals surface area contributed by atoms with E-state index in [1.165, 1.54) is 38.5 Å². The fraction of sp³-hybridized carbons (Fsp3) is 0.867. The molecule has 39 heavy (non-hydrogen) atoms. The van der Waals surface area contributed by atoms with Gasteiger partial charge in [0.15, 0.2) is 0 Å². The normalized spacial score (nSPS) is 29.5. The van der Waals surface area contributed by atoms with E-state index in [-0.39, 0.29) is 5.91 Å². The van der Waals surface area contributed by atoms with E-state index in [1.807, 2.05) is 6.92 Å². The molecule has 4 saturated carbocycles. The van der Waals surface area contributed by atoms with Crippen LogP contribution in [-0.2, 0) is 19.2 Å². The number of nitrogens with one attached hydrogen (secondary N) is 2. The van der Waals surface area contributed by atoms with Gasteiger partial charge in [-0.25, -0.2) is 4.79 Å². The van der Waals surface area contributed by atoms with E-state index in [0.717, 1.165) is 69.4 Å². The Labute approximate surface area is 232 Å². The molecule has 1 aliphatic heterocycles. The highest BCUT2D eigenvalue weighted by atomic mass is 16.4. The molecule has 1 heterocycles. The van der Waals surface area contributed by atoms with Crippen molar-refractivity contribution < 1.29 is 29.4 Å². The summed E-state index contributed by atoms with van der Waals surface area (Å²) in [7, 11) is 0. The van der Waals surface area contributed by atoms with E-state index in [4.69, 9.17) is 5.11 Å². The summed E-state index contributed by atoms with van der Waals surface area (Å²) >= 11 is 0. The fourth-order valence-corrected chi connectivity index (χ4v) is 8.76. The molecule has 0 aromatic carbocycles. The lowest BCUT2D eigenvalue weighted by Crippen LogP contribution is -2.54. The molecule has 2 atom stereocenters. The van der Waals surface area contributed by atoms with Gasteiger partial charge in [-0.15, -0.1) is 0 Å². The zero-order chi connectivity index (χ0) is 28.0. The molecule has 4 aliphatic carbocycles. The van der Waals surface area contributed by atoms with Crippen LogP contribution < -0.4 is 10.6 Å². The molecule has 0 aromatic rings. The first-order chi connectivity index (χ1) is 18.7. The van der Waals surface area contributed by atoms with E-state index >= 15 is 0 Å². The van der Waals surface area contributed by atoms with Gasteiger partial charge < -0.3 is 25.7 Å². The van der Waals surface area contributed by atoms with Crippen molar-refractivity contribution >= 4 is 23.8 Å². The maximum absolute atomic E-state index is 13.5. The highest BCUT2D eigenvalue weighted by molar-refractivity contribution is 5.91. The van der Waals surface area contributed by atoms with Crippen LogP contribution in [0.3, 0.4) is 0 Å². The predicted molar refractivity (Wildman–Crippen MR) is 147 cm³/mol. The van der Waals surface area contributed by atoms with E-state index in [9.17, 15) is 24.3 Å². The average Bonchev–Trinajstić information content (AvgIpc) is 2.87. The van der Waals surface area contributed by atoms with Gasteiger partial charge in [-0.1, -0.05) is 6.42 Å². The summed E-state index contributed by atoms with van der Waals surface area (Å²) in [5, 5.41) is 24.5. The molecule has 5 aliphatic rings. The minimum atomic E-state index is -1.52. The van der Waals surface area contributed by atoms with Crippen LogP contribution in [0.5, 0.6) is 0 Å². The Morgan fingerprint density at radius 2 is 1.59 bits per heavy atom. The third kappa shape index (κ3) is 7.95. The smallest absolute Gasteiger partial charge is 0.326 e. The molecule has 4 bridgehead atoms. The van der Waals surface area contributed by atoms with Crippen molar-refractivity contribution in [1.29, 1.82) is 0 Å². The minimum absolute atomic E-state index is 0.0773. The molecule has 0 aromatic heterocycles. The maximum Gasteiger partial charge on any atom is 0.326 e. The van der Waals surface area contributed by atoms with Gasteiger partial charge >= 0.3 is 11.9 Å². The number of hydrogen-bond acceptors (Lipinski definition) is 5. The quantitative estimate of drug-likeness (QED) is 0.245. The van der Waals surface area contributed by atoms with Crippen LogP contribution >= 0.6 is 0 Å². The lowest BCUT2D eigenvalue weighted by Gasteiger charge is -2.57. The number of aliphatic carboxylic acids is 2. The molecule has 9 heteroatoms. The lowest BCUT2D eigenvalue weighted by molar-refractivity contribution is -0.149. The van der Waals surface area contributed by atoms with Gasteiger partial charge in [-0.05, 0) is 126 Å². The van der Waals surface area contributed by atoms with Crippen LogP contribution in [0.25, 0.3) is 0 Å². The summed E-state index contributed by atoms with van der Waals surface area (Å²) in [5.41, 5.74) is 0.360. The summed E-state index contributed by atoms with van der Waals surface area (Å²) in [6.07, 6.45) is 14.0. The summed E-state index contributed by atoms with van der Waals surface area (Å²) in [4.78, 5) is 51.3. The number of carboxylic acids is 2. The number of amides is 2. The number of carboxylic acid groups (broad SMARTS) is 2. The topological polar surface area (TPSA) is 136 Å². The first-order valence-electron chi connectivity index (χ1n) is 15.4. The van der Waals surface area contributed by atoms with E-state index in [0.29, 0.717) is 30.7 Å². The lowest BCUT2D eigenvalue weighted by atomic mass is 9.48. The molecule has 4 N–H and O–H groups in total. The van der Waals surface area contributed by atoms with Crippen molar-refractivity contribution in [1.82, 2.24) is 15.5 Å². The first kappa shape index (κ1) is 29.8. The van der Waals surface area contributed by atoms with Crippen LogP contribution in [0, 0.1) is 29.1 Å². The number of carbonyl (C=O) groups is 4. The molecular formula is C30H49N3O6. The second-order valence-electron chi connectivity index (χ2n) is 13.1. The Hall–Kier alpha value is -2.16. The molecule has 2 amide bonds. The molecule has 1 saturated heterocycles. The van der Waals surface area contributed by atoms with Crippen molar-refractivity contribution in [2.45, 2.75) is 115 Å². The van der Waals surface area contributed by atoms with Gasteiger partial charge in [0.1, 0.15) is 12.1 Å². The second-order valence-corrected chi connectivity index (χ2v) is 13.1. The van der Waals surface area contributed by atoms with Crippen molar-refractivity contribution in [3.63, 3.8) is 0 Å². The van der Waals surface area contributed by atoms with Gasteiger partial charge in [0.2, 0.25) is 11.8 Å². The molecule has 0 spiro atoms. The Morgan fingerprint density at radius 3 is 2.13 bits per heavy atom.